The number of para-hydroxylation sites is 1. The van der Waals surface area contributed by atoms with Crippen LogP contribution < -0.4 is 15.5 Å². The van der Waals surface area contributed by atoms with Gasteiger partial charge in [0.25, 0.3) is 0 Å². The number of benzene rings is 1. The highest BCUT2D eigenvalue weighted by Crippen LogP contribution is 2.31. The van der Waals surface area contributed by atoms with Crippen molar-refractivity contribution in [2.75, 3.05) is 36.4 Å². The van der Waals surface area contributed by atoms with Gasteiger partial charge in [0, 0.05) is 19.5 Å². The van der Waals surface area contributed by atoms with Crippen molar-refractivity contribution >= 4 is 42.1 Å². The lowest BCUT2D eigenvalue weighted by Gasteiger charge is -2.23. The van der Waals surface area contributed by atoms with E-state index in [4.69, 9.17) is 0 Å². The fraction of sp³-hybridized carbons (Fsp3) is 0.611. The number of halogens is 3. The van der Waals surface area contributed by atoms with E-state index in [1.807, 2.05) is 6.07 Å². The van der Waals surface area contributed by atoms with Crippen LogP contribution in [0.4, 0.5) is 15.8 Å². The Labute approximate surface area is 161 Å². The first-order valence-corrected chi connectivity index (χ1v) is 8.78. The Morgan fingerprint density at radius 1 is 1.20 bits per heavy atom. The molecular weight excluding hydrogens is 364 g/mol. The number of anilines is 2. The molecule has 4 nitrogen and oxygen atoms in total. The van der Waals surface area contributed by atoms with Gasteiger partial charge in [-0.1, -0.05) is 6.07 Å². The number of carbonyl (C=O) groups is 1. The van der Waals surface area contributed by atoms with Crippen LogP contribution in [-0.4, -0.2) is 32.1 Å². The molecular formula is C18H28Cl2FN3O. The molecule has 0 atom stereocenters. The Morgan fingerprint density at radius 2 is 1.88 bits per heavy atom. The van der Waals surface area contributed by atoms with E-state index in [1.165, 1.54) is 6.07 Å². The standard InChI is InChI=1S/C18H26FN3O.2ClH/c19-15-4-3-5-16(22-12-1-2-13-22)18(15)21-17(23)7-6-14-8-10-20-11-9-14;;/h3-5,14,20H,1-2,6-13H2,(H,21,23);2*1H. The van der Waals surface area contributed by atoms with Crippen LogP contribution in [0.3, 0.4) is 0 Å². The van der Waals surface area contributed by atoms with Crippen LogP contribution in [0.1, 0.15) is 38.5 Å². The maximum Gasteiger partial charge on any atom is 0.224 e. The van der Waals surface area contributed by atoms with Gasteiger partial charge < -0.3 is 15.5 Å². The van der Waals surface area contributed by atoms with Gasteiger partial charge in [-0.3, -0.25) is 4.79 Å². The molecule has 1 amide bonds. The third-order valence-corrected chi connectivity index (χ3v) is 4.94. The van der Waals surface area contributed by atoms with E-state index in [9.17, 15) is 9.18 Å². The highest BCUT2D eigenvalue weighted by Gasteiger charge is 2.20. The summed E-state index contributed by atoms with van der Waals surface area (Å²) in [6.07, 6.45) is 5.87. The van der Waals surface area contributed by atoms with Gasteiger partial charge in [0.05, 0.1) is 5.69 Å². The maximum absolute atomic E-state index is 14.2. The summed E-state index contributed by atoms with van der Waals surface area (Å²) in [6.45, 7) is 3.94. The normalized spacial score (nSPS) is 17.6. The molecule has 0 spiro atoms. The molecule has 0 aromatic heterocycles. The second-order valence-electron chi connectivity index (χ2n) is 6.61. The topological polar surface area (TPSA) is 44.4 Å². The number of piperidine rings is 1. The van der Waals surface area contributed by atoms with Crippen molar-refractivity contribution < 1.29 is 9.18 Å². The average molecular weight is 392 g/mol. The molecule has 2 saturated heterocycles. The van der Waals surface area contributed by atoms with Gasteiger partial charge in [-0.2, -0.15) is 0 Å². The van der Waals surface area contributed by atoms with E-state index in [0.29, 0.717) is 18.0 Å². The Balaban J connectivity index is 0.00000156. The van der Waals surface area contributed by atoms with E-state index in [2.05, 4.69) is 15.5 Å². The van der Waals surface area contributed by atoms with E-state index in [0.717, 1.165) is 64.0 Å². The van der Waals surface area contributed by atoms with Crippen LogP contribution in [0.25, 0.3) is 0 Å². The summed E-state index contributed by atoms with van der Waals surface area (Å²) in [5.74, 6) is 0.194. The zero-order valence-corrected chi connectivity index (χ0v) is 16.1. The van der Waals surface area contributed by atoms with Crippen LogP contribution in [-0.2, 0) is 4.79 Å². The van der Waals surface area contributed by atoms with Crippen molar-refractivity contribution in [1.82, 2.24) is 5.32 Å². The third-order valence-electron chi connectivity index (χ3n) is 4.94. The van der Waals surface area contributed by atoms with E-state index in [1.54, 1.807) is 6.07 Å². The molecule has 1 aromatic carbocycles. The Kier molecular flexibility index (Phi) is 9.54. The smallest absolute Gasteiger partial charge is 0.224 e. The van der Waals surface area contributed by atoms with Gasteiger partial charge in [-0.05, 0) is 63.2 Å². The number of hydrogen-bond acceptors (Lipinski definition) is 3. The molecule has 2 N–H and O–H groups in total. The SMILES string of the molecule is Cl.Cl.O=C(CCC1CCNCC1)Nc1c(F)cccc1N1CCCC1. The monoisotopic (exact) mass is 391 g/mol. The van der Waals surface area contributed by atoms with Gasteiger partial charge in [-0.25, -0.2) is 4.39 Å². The largest absolute Gasteiger partial charge is 0.370 e. The number of nitrogens with zero attached hydrogens (tertiary/aromatic N) is 1. The minimum Gasteiger partial charge on any atom is -0.370 e. The maximum atomic E-state index is 14.2. The molecule has 0 aliphatic carbocycles. The predicted octanol–water partition coefficient (Wildman–Crippen LogP) is 3.99. The van der Waals surface area contributed by atoms with Crippen molar-refractivity contribution in [1.29, 1.82) is 0 Å². The van der Waals surface area contributed by atoms with Crippen LogP contribution in [0.2, 0.25) is 0 Å². The molecule has 0 radical (unpaired) electrons. The second-order valence-corrected chi connectivity index (χ2v) is 6.61. The summed E-state index contributed by atoms with van der Waals surface area (Å²) in [5, 5.41) is 6.16. The molecule has 2 aliphatic heterocycles. The number of amides is 1. The lowest BCUT2D eigenvalue weighted by molar-refractivity contribution is -0.116. The molecule has 0 saturated carbocycles. The first-order chi connectivity index (χ1) is 11.2. The van der Waals surface area contributed by atoms with Gasteiger partial charge in [-0.15, -0.1) is 24.8 Å². The zero-order valence-electron chi connectivity index (χ0n) is 14.4. The quantitative estimate of drug-likeness (QED) is 0.797. The molecule has 0 unspecified atom stereocenters. The van der Waals surface area contributed by atoms with Crippen molar-refractivity contribution in [2.45, 2.75) is 38.5 Å². The van der Waals surface area contributed by atoms with Gasteiger partial charge in [0.15, 0.2) is 0 Å². The summed E-state index contributed by atoms with van der Waals surface area (Å²) in [7, 11) is 0. The molecule has 2 aliphatic rings. The summed E-state index contributed by atoms with van der Waals surface area (Å²) in [5.41, 5.74) is 1.17. The van der Waals surface area contributed by atoms with Crippen molar-refractivity contribution in [3.63, 3.8) is 0 Å². The molecule has 142 valence electrons. The summed E-state index contributed by atoms with van der Waals surface area (Å²) >= 11 is 0. The zero-order chi connectivity index (χ0) is 16.1. The van der Waals surface area contributed by atoms with E-state index in [-0.39, 0.29) is 36.5 Å². The number of hydrogen-bond donors (Lipinski definition) is 2. The highest BCUT2D eigenvalue weighted by atomic mass is 35.5. The lowest BCUT2D eigenvalue weighted by Crippen LogP contribution is -2.28. The van der Waals surface area contributed by atoms with Crippen molar-refractivity contribution in [2.24, 2.45) is 5.92 Å². The molecule has 1 aromatic rings. The summed E-state index contributed by atoms with van der Waals surface area (Å²) in [4.78, 5) is 14.4. The Bertz CT molecular complexity index is 547. The van der Waals surface area contributed by atoms with E-state index >= 15 is 0 Å². The number of nitrogens with one attached hydrogen (secondary N) is 2. The second kappa shape index (κ2) is 10.8. The fourth-order valence-electron chi connectivity index (χ4n) is 3.57. The first kappa shape index (κ1) is 22.0. The van der Waals surface area contributed by atoms with Gasteiger partial charge in [0.1, 0.15) is 11.5 Å². The van der Waals surface area contributed by atoms with Gasteiger partial charge in [0.2, 0.25) is 5.91 Å². The fourth-order valence-corrected chi connectivity index (χ4v) is 3.57. The van der Waals surface area contributed by atoms with E-state index < -0.39 is 0 Å². The van der Waals surface area contributed by atoms with Crippen LogP contribution in [0.15, 0.2) is 18.2 Å². The predicted molar refractivity (Wildman–Crippen MR) is 106 cm³/mol. The molecule has 7 heteroatoms. The molecule has 2 heterocycles. The van der Waals surface area contributed by atoms with Crippen LogP contribution >= 0.6 is 24.8 Å². The minimum atomic E-state index is -0.343. The van der Waals surface area contributed by atoms with Gasteiger partial charge >= 0.3 is 0 Å². The summed E-state index contributed by atoms with van der Waals surface area (Å²) in [6, 6.07) is 5.03. The number of rotatable bonds is 5. The number of carbonyl (C=O) groups excluding carboxylic acids is 1. The molecule has 0 bridgehead atoms. The van der Waals surface area contributed by atoms with Crippen molar-refractivity contribution in [3.8, 4) is 0 Å². The third kappa shape index (κ3) is 6.01. The van der Waals surface area contributed by atoms with Crippen LogP contribution in [0.5, 0.6) is 0 Å². The summed E-state index contributed by atoms with van der Waals surface area (Å²) < 4.78 is 14.2. The molecule has 25 heavy (non-hydrogen) atoms. The Morgan fingerprint density at radius 3 is 2.56 bits per heavy atom. The minimum absolute atomic E-state index is 0. The highest BCUT2D eigenvalue weighted by molar-refractivity contribution is 5.94. The average Bonchev–Trinajstić information content (AvgIpc) is 3.10. The first-order valence-electron chi connectivity index (χ1n) is 8.78. The lowest BCUT2D eigenvalue weighted by atomic mass is 9.93. The van der Waals surface area contributed by atoms with Crippen molar-refractivity contribution in [3.05, 3.63) is 24.0 Å². The van der Waals surface area contributed by atoms with Crippen LogP contribution in [0, 0.1) is 11.7 Å². The molecule has 2 fully saturated rings. The Hall–Kier alpha value is -1.04. The molecule has 3 rings (SSSR count).